The summed E-state index contributed by atoms with van der Waals surface area (Å²) in [7, 11) is 0. The summed E-state index contributed by atoms with van der Waals surface area (Å²) in [6, 6.07) is 2.93. The third-order valence-corrected chi connectivity index (χ3v) is 1.77. The number of rotatable bonds is 2. The van der Waals surface area contributed by atoms with Crippen LogP contribution in [0.1, 0.15) is 19.5 Å². The molecule has 2 N–H and O–H groups in total. The van der Waals surface area contributed by atoms with E-state index in [1.165, 1.54) is 12.3 Å². The summed E-state index contributed by atoms with van der Waals surface area (Å²) in [5.41, 5.74) is 7.74. The van der Waals surface area contributed by atoms with Crippen LogP contribution < -0.4 is 5.73 Å². The van der Waals surface area contributed by atoms with E-state index in [0.29, 0.717) is 11.4 Å². The Morgan fingerprint density at radius 3 is 2.50 bits per heavy atom. The minimum absolute atomic E-state index is 0.0321. The van der Waals surface area contributed by atoms with Gasteiger partial charge in [0.2, 0.25) is 0 Å². The van der Waals surface area contributed by atoms with E-state index in [-0.39, 0.29) is 5.69 Å². The number of aromatic nitrogens is 1. The SMILES string of the molecule is CC(C)=C(N)c1ccc([N+](=O)[O-])cn1. The summed E-state index contributed by atoms with van der Waals surface area (Å²) in [6.07, 6.45) is 1.20. The van der Waals surface area contributed by atoms with E-state index in [2.05, 4.69) is 4.98 Å². The Morgan fingerprint density at radius 1 is 1.50 bits per heavy atom. The van der Waals surface area contributed by atoms with Gasteiger partial charge in [-0.25, -0.2) is 4.98 Å². The zero-order valence-electron chi connectivity index (χ0n) is 8.02. The van der Waals surface area contributed by atoms with Crippen LogP contribution in [0.3, 0.4) is 0 Å². The van der Waals surface area contributed by atoms with Crippen molar-refractivity contribution in [2.45, 2.75) is 13.8 Å². The summed E-state index contributed by atoms with van der Waals surface area (Å²) >= 11 is 0. The number of nitro groups is 1. The zero-order valence-corrected chi connectivity index (χ0v) is 8.02. The van der Waals surface area contributed by atoms with Gasteiger partial charge in [0.15, 0.2) is 0 Å². The first-order chi connectivity index (χ1) is 6.52. The predicted molar refractivity (Wildman–Crippen MR) is 53.3 cm³/mol. The summed E-state index contributed by atoms with van der Waals surface area (Å²) in [6.45, 7) is 3.72. The van der Waals surface area contributed by atoms with Crippen molar-refractivity contribution < 1.29 is 4.92 Å². The van der Waals surface area contributed by atoms with Crippen molar-refractivity contribution in [1.82, 2.24) is 4.98 Å². The molecule has 1 aromatic heterocycles. The van der Waals surface area contributed by atoms with Crippen molar-refractivity contribution in [2.75, 3.05) is 0 Å². The largest absolute Gasteiger partial charge is 0.397 e. The van der Waals surface area contributed by atoms with E-state index in [0.717, 1.165) is 5.57 Å². The lowest BCUT2D eigenvalue weighted by Gasteiger charge is -2.01. The number of hydrogen-bond donors (Lipinski definition) is 1. The standard InChI is InChI=1S/C9H11N3O2/c1-6(2)9(10)8-4-3-7(5-11-8)12(13)14/h3-5H,10H2,1-2H3. The Labute approximate surface area is 81.4 Å². The van der Waals surface area contributed by atoms with Gasteiger partial charge >= 0.3 is 0 Å². The molecule has 0 aliphatic carbocycles. The number of allylic oxidation sites excluding steroid dienone is 1. The van der Waals surface area contributed by atoms with E-state index in [9.17, 15) is 10.1 Å². The molecule has 14 heavy (non-hydrogen) atoms. The highest BCUT2D eigenvalue weighted by Crippen LogP contribution is 2.14. The fraction of sp³-hybridized carbons (Fsp3) is 0.222. The summed E-state index contributed by atoms with van der Waals surface area (Å²) < 4.78 is 0. The summed E-state index contributed by atoms with van der Waals surface area (Å²) in [5, 5.41) is 10.3. The molecule has 5 nitrogen and oxygen atoms in total. The van der Waals surface area contributed by atoms with Crippen molar-refractivity contribution in [1.29, 1.82) is 0 Å². The van der Waals surface area contributed by atoms with Gasteiger partial charge in [-0.1, -0.05) is 5.57 Å². The molecule has 0 atom stereocenters. The van der Waals surface area contributed by atoms with E-state index in [4.69, 9.17) is 5.73 Å². The van der Waals surface area contributed by atoms with Gasteiger partial charge in [-0.2, -0.15) is 0 Å². The highest BCUT2D eigenvalue weighted by molar-refractivity contribution is 5.62. The molecule has 0 aromatic carbocycles. The molecule has 0 unspecified atom stereocenters. The monoisotopic (exact) mass is 193 g/mol. The molecule has 0 spiro atoms. The maximum Gasteiger partial charge on any atom is 0.287 e. The van der Waals surface area contributed by atoms with Crippen molar-refractivity contribution in [3.8, 4) is 0 Å². The second-order valence-electron chi connectivity index (χ2n) is 3.07. The smallest absolute Gasteiger partial charge is 0.287 e. The van der Waals surface area contributed by atoms with Crippen molar-refractivity contribution in [3.63, 3.8) is 0 Å². The minimum Gasteiger partial charge on any atom is -0.397 e. The highest BCUT2D eigenvalue weighted by Gasteiger charge is 2.06. The van der Waals surface area contributed by atoms with Gasteiger partial charge < -0.3 is 5.73 Å². The Hall–Kier alpha value is -1.91. The molecule has 0 radical (unpaired) electrons. The Kier molecular flexibility index (Phi) is 2.81. The Morgan fingerprint density at radius 2 is 2.14 bits per heavy atom. The van der Waals surface area contributed by atoms with Gasteiger partial charge in [0.1, 0.15) is 6.20 Å². The molecular formula is C9H11N3O2. The lowest BCUT2D eigenvalue weighted by Crippen LogP contribution is -2.01. The van der Waals surface area contributed by atoms with Crippen LogP contribution in [0, 0.1) is 10.1 Å². The first kappa shape index (κ1) is 10.2. The van der Waals surface area contributed by atoms with Crippen LogP contribution in [0.4, 0.5) is 5.69 Å². The van der Waals surface area contributed by atoms with Crippen molar-refractivity contribution in [3.05, 3.63) is 39.7 Å². The molecule has 1 rings (SSSR count). The molecule has 1 aromatic rings. The number of pyridine rings is 1. The first-order valence-electron chi connectivity index (χ1n) is 4.06. The molecule has 0 amide bonds. The molecule has 5 heteroatoms. The quantitative estimate of drug-likeness (QED) is 0.572. The second kappa shape index (κ2) is 3.87. The molecule has 0 aliphatic heterocycles. The van der Waals surface area contributed by atoms with Crippen LogP contribution in [0.15, 0.2) is 23.9 Å². The third kappa shape index (κ3) is 2.07. The molecule has 1 heterocycles. The summed E-state index contributed by atoms with van der Waals surface area (Å²) in [4.78, 5) is 13.7. The van der Waals surface area contributed by atoms with Crippen LogP contribution in [0.25, 0.3) is 5.70 Å². The fourth-order valence-electron chi connectivity index (χ4n) is 0.910. The van der Waals surface area contributed by atoms with Gasteiger partial charge in [-0.3, -0.25) is 10.1 Å². The normalized spacial score (nSPS) is 9.57. The molecule has 0 saturated carbocycles. The Balaban J connectivity index is 3.06. The van der Waals surface area contributed by atoms with E-state index in [1.807, 2.05) is 13.8 Å². The number of nitrogens with zero attached hydrogens (tertiary/aromatic N) is 2. The van der Waals surface area contributed by atoms with E-state index >= 15 is 0 Å². The maximum absolute atomic E-state index is 10.3. The van der Waals surface area contributed by atoms with Gasteiger partial charge in [0.05, 0.1) is 16.3 Å². The summed E-state index contributed by atoms with van der Waals surface area (Å²) in [5.74, 6) is 0. The topological polar surface area (TPSA) is 82.0 Å². The molecule has 0 fully saturated rings. The van der Waals surface area contributed by atoms with Crippen LogP contribution in [0.5, 0.6) is 0 Å². The first-order valence-corrected chi connectivity index (χ1v) is 4.06. The Bertz CT molecular complexity index is 378. The number of nitrogens with two attached hydrogens (primary N) is 1. The van der Waals surface area contributed by atoms with Gasteiger partial charge in [0.25, 0.3) is 5.69 Å². The lowest BCUT2D eigenvalue weighted by atomic mass is 10.2. The average molecular weight is 193 g/mol. The van der Waals surface area contributed by atoms with Crippen LogP contribution in [-0.4, -0.2) is 9.91 Å². The molecule has 0 bridgehead atoms. The third-order valence-electron chi connectivity index (χ3n) is 1.77. The van der Waals surface area contributed by atoms with Gasteiger partial charge in [-0.15, -0.1) is 0 Å². The van der Waals surface area contributed by atoms with Crippen molar-refractivity contribution in [2.24, 2.45) is 5.73 Å². The van der Waals surface area contributed by atoms with Crippen LogP contribution in [-0.2, 0) is 0 Å². The van der Waals surface area contributed by atoms with Crippen molar-refractivity contribution >= 4 is 11.4 Å². The average Bonchev–Trinajstić information content (AvgIpc) is 2.16. The highest BCUT2D eigenvalue weighted by atomic mass is 16.6. The van der Waals surface area contributed by atoms with E-state index < -0.39 is 4.92 Å². The molecule has 74 valence electrons. The predicted octanol–water partition coefficient (Wildman–Crippen LogP) is 1.70. The van der Waals surface area contributed by atoms with Gasteiger partial charge in [0, 0.05) is 6.07 Å². The second-order valence-corrected chi connectivity index (χ2v) is 3.07. The zero-order chi connectivity index (χ0) is 10.7. The number of hydrogen-bond acceptors (Lipinski definition) is 4. The molecule has 0 saturated heterocycles. The van der Waals surface area contributed by atoms with Crippen LogP contribution >= 0.6 is 0 Å². The lowest BCUT2D eigenvalue weighted by molar-refractivity contribution is -0.385. The van der Waals surface area contributed by atoms with E-state index in [1.54, 1.807) is 6.07 Å². The molecule has 0 aliphatic rings. The fourth-order valence-corrected chi connectivity index (χ4v) is 0.910. The van der Waals surface area contributed by atoms with Crippen LogP contribution in [0.2, 0.25) is 0 Å². The minimum atomic E-state index is -0.491. The maximum atomic E-state index is 10.3. The molecular weight excluding hydrogens is 182 g/mol. The van der Waals surface area contributed by atoms with Gasteiger partial charge in [-0.05, 0) is 19.9 Å².